The molecule has 0 saturated carbocycles. The second kappa shape index (κ2) is 7.56. The minimum Gasteiger partial charge on any atom is -0.504 e. The molecule has 0 saturated heterocycles. The van der Waals surface area contributed by atoms with Crippen molar-refractivity contribution in [3.05, 3.63) is 53.9 Å². The summed E-state index contributed by atoms with van der Waals surface area (Å²) in [6.45, 7) is 8.27. The van der Waals surface area contributed by atoms with Crippen LogP contribution < -0.4 is 4.74 Å². The largest absolute Gasteiger partial charge is 0.504 e. The lowest BCUT2D eigenvalue weighted by Gasteiger charge is -2.29. The molecule has 2 heterocycles. The Morgan fingerprint density at radius 3 is 2.54 bits per heavy atom. The van der Waals surface area contributed by atoms with Crippen LogP contribution >= 0.6 is 0 Å². The molecule has 1 aromatic heterocycles. The number of hydrogen-bond acceptors (Lipinski definition) is 5. The lowest BCUT2D eigenvalue weighted by Crippen LogP contribution is -2.34. The number of phenols is 1. The van der Waals surface area contributed by atoms with E-state index in [4.69, 9.17) is 4.74 Å². The molecular formula is C21H26N2O4S. The van der Waals surface area contributed by atoms with Crippen molar-refractivity contribution in [1.29, 1.82) is 0 Å². The van der Waals surface area contributed by atoms with Crippen molar-refractivity contribution in [2.24, 2.45) is 5.92 Å². The molecular weight excluding hydrogens is 376 g/mol. The van der Waals surface area contributed by atoms with Gasteiger partial charge in [0.25, 0.3) is 0 Å². The van der Waals surface area contributed by atoms with E-state index in [2.05, 4.69) is 4.98 Å². The molecule has 0 fully saturated rings. The standard InChI is InChI=1S/C21H26N2O4S/c1-15(2)13-23(28(25,26)18-6-9-22-10-7-18)14-16-11-17-5-8-21(3,4)27-20(17)19(24)12-16/h5-12,15,24H,13-14H2,1-4H3. The molecule has 1 aromatic carbocycles. The Labute approximate surface area is 166 Å². The van der Waals surface area contributed by atoms with Gasteiger partial charge < -0.3 is 9.84 Å². The zero-order valence-electron chi connectivity index (χ0n) is 16.6. The van der Waals surface area contributed by atoms with Gasteiger partial charge >= 0.3 is 0 Å². The first-order valence-electron chi connectivity index (χ1n) is 9.23. The lowest BCUT2D eigenvalue weighted by molar-refractivity contribution is 0.152. The maximum Gasteiger partial charge on any atom is 0.243 e. The molecule has 0 spiro atoms. The minimum atomic E-state index is -3.68. The first-order chi connectivity index (χ1) is 13.1. The van der Waals surface area contributed by atoms with Gasteiger partial charge in [0.05, 0.1) is 4.90 Å². The summed E-state index contributed by atoms with van der Waals surface area (Å²) >= 11 is 0. The van der Waals surface area contributed by atoms with Crippen molar-refractivity contribution in [3.8, 4) is 11.5 Å². The van der Waals surface area contributed by atoms with E-state index in [0.717, 1.165) is 5.56 Å². The highest BCUT2D eigenvalue weighted by molar-refractivity contribution is 7.89. The number of fused-ring (bicyclic) bond motifs is 1. The van der Waals surface area contributed by atoms with Crippen LogP contribution in [0.4, 0.5) is 0 Å². The molecule has 0 aliphatic carbocycles. The van der Waals surface area contributed by atoms with Gasteiger partial charge in [-0.15, -0.1) is 0 Å². The summed E-state index contributed by atoms with van der Waals surface area (Å²) in [5.41, 5.74) is 0.933. The summed E-state index contributed by atoms with van der Waals surface area (Å²) in [6, 6.07) is 6.41. The number of aromatic hydroxyl groups is 1. The quantitative estimate of drug-likeness (QED) is 0.795. The molecule has 7 heteroatoms. The van der Waals surface area contributed by atoms with Crippen molar-refractivity contribution in [1.82, 2.24) is 9.29 Å². The van der Waals surface area contributed by atoms with Gasteiger partial charge in [0, 0.05) is 31.0 Å². The normalized spacial score (nSPS) is 15.5. The molecule has 1 N–H and O–H groups in total. The van der Waals surface area contributed by atoms with Gasteiger partial charge in [-0.1, -0.05) is 19.9 Å². The van der Waals surface area contributed by atoms with Gasteiger partial charge in [0.1, 0.15) is 5.60 Å². The number of phenolic OH excluding ortho intramolecular Hbond substituents is 1. The van der Waals surface area contributed by atoms with E-state index in [9.17, 15) is 13.5 Å². The maximum atomic E-state index is 13.1. The van der Waals surface area contributed by atoms with Crippen LogP contribution in [0.3, 0.4) is 0 Å². The van der Waals surface area contributed by atoms with Crippen LogP contribution in [0.15, 0.2) is 47.6 Å². The average molecular weight is 403 g/mol. The summed E-state index contributed by atoms with van der Waals surface area (Å²) < 4.78 is 33.5. The van der Waals surface area contributed by atoms with Crippen LogP contribution in [-0.4, -0.2) is 35.0 Å². The smallest absolute Gasteiger partial charge is 0.243 e. The minimum absolute atomic E-state index is 0.00994. The Morgan fingerprint density at radius 2 is 1.89 bits per heavy atom. The van der Waals surface area contributed by atoms with Crippen molar-refractivity contribution in [2.45, 2.75) is 44.7 Å². The van der Waals surface area contributed by atoms with Gasteiger partial charge in [-0.3, -0.25) is 4.98 Å². The molecule has 1 aliphatic heterocycles. The predicted molar refractivity (Wildman–Crippen MR) is 109 cm³/mol. The number of pyridine rings is 1. The molecule has 2 aromatic rings. The molecule has 3 rings (SSSR count). The van der Waals surface area contributed by atoms with E-state index < -0.39 is 15.6 Å². The SMILES string of the molecule is CC(C)CN(Cc1cc(O)c2c(c1)C=CC(C)(C)O2)S(=O)(=O)c1ccncc1. The number of hydrogen-bond donors (Lipinski definition) is 1. The number of ether oxygens (including phenoxy) is 1. The number of benzene rings is 1. The molecule has 0 unspecified atom stereocenters. The van der Waals surface area contributed by atoms with E-state index in [-0.39, 0.29) is 23.1 Å². The zero-order valence-corrected chi connectivity index (χ0v) is 17.4. The van der Waals surface area contributed by atoms with Crippen LogP contribution in [0.5, 0.6) is 11.5 Å². The monoisotopic (exact) mass is 402 g/mol. The average Bonchev–Trinajstić information content (AvgIpc) is 2.62. The number of aromatic nitrogens is 1. The second-order valence-electron chi connectivity index (χ2n) is 7.95. The summed E-state index contributed by atoms with van der Waals surface area (Å²) in [7, 11) is -3.68. The molecule has 1 aliphatic rings. The molecule has 0 amide bonds. The van der Waals surface area contributed by atoms with E-state index in [0.29, 0.717) is 17.9 Å². The Morgan fingerprint density at radius 1 is 1.21 bits per heavy atom. The molecule has 150 valence electrons. The van der Waals surface area contributed by atoms with Gasteiger partial charge in [-0.2, -0.15) is 4.31 Å². The summed E-state index contributed by atoms with van der Waals surface area (Å²) in [6.07, 6.45) is 6.74. The van der Waals surface area contributed by atoms with Crippen LogP contribution in [0.25, 0.3) is 6.08 Å². The Balaban J connectivity index is 1.96. The van der Waals surface area contributed by atoms with Crippen molar-refractivity contribution >= 4 is 16.1 Å². The first-order valence-corrected chi connectivity index (χ1v) is 10.7. The van der Waals surface area contributed by atoms with Gasteiger partial charge in [-0.25, -0.2) is 8.42 Å². The molecule has 6 nitrogen and oxygen atoms in total. The molecule has 0 radical (unpaired) electrons. The summed E-state index contributed by atoms with van der Waals surface area (Å²) in [5.74, 6) is 0.575. The topological polar surface area (TPSA) is 79.7 Å². The highest BCUT2D eigenvalue weighted by Crippen LogP contribution is 2.39. The van der Waals surface area contributed by atoms with Crippen LogP contribution in [0.1, 0.15) is 38.8 Å². The van der Waals surface area contributed by atoms with Crippen LogP contribution in [0.2, 0.25) is 0 Å². The Bertz CT molecular complexity index is 983. The van der Waals surface area contributed by atoms with E-state index in [1.165, 1.54) is 28.8 Å². The highest BCUT2D eigenvalue weighted by Gasteiger charge is 2.28. The lowest BCUT2D eigenvalue weighted by atomic mass is 10.00. The number of nitrogens with zero attached hydrogens (tertiary/aromatic N) is 2. The molecule has 0 atom stereocenters. The predicted octanol–water partition coefficient (Wildman–Crippen LogP) is 3.82. The van der Waals surface area contributed by atoms with Crippen molar-refractivity contribution < 1.29 is 18.3 Å². The maximum absolute atomic E-state index is 13.1. The van der Waals surface area contributed by atoms with E-state index in [1.807, 2.05) is 45.9 Å². The van der Waals surface area contributed by atoms with Gasteiger partial charge in [0.2, 0.25) is 10.0 Å². The first kappa shape index (κ1) is 20.4. The Kier molecular flexibility index (Phi) is 5.50. The van der Waals surface area contributed by atoms with Gasteiger partial charge in [-0.05, 0) is 55.7 Å². The highest BCUT2D eigenvalue weighted by atomic mass is 32.2. The number of rotatable bonds is 6. The van der Waals surface area contributed by atoms with Crippen molar-refractivity contribution in [2.75, 3.05) is 6.54 Å². The zero-order chi connectivity index (χ0) is 20.5. The third-order valence-electron chi connectivity index (χ3n) is 4.40. The third-order valence-corrected chi connectivity index (χ3v) is 6.23. The fourth-order valence-corrected chi connectivity index (χ4v) is 4.70. The van der Waals surface area contributed by atoms with Crippen LogP contribution in [0, 0.1) is 5.92 Å². The fraction of sp³-hybridized carbons (Fsp3) is 0.381. The Hall–Kier alpha value is -2.38. The van der Waals surface area contributed by atoms with Gasteiger partial charge in [0.15, 0.2) is 11.5 Å². The fourth-order valence-electron chi connectivity index (χ4n) is 3.13. The van der Waals surface area contributed by atoms with E-state index >= 15 is 0 Å². The second-order valence-corrected chi connectivity index (χ2v) is 9.88. The molecule has 0 bridgehead atoms. The van der Waals surface area contributed by atoms with E-state index in [1.54, 1.807) is 6.07 Å². The molecule has 28 heavy (non-hydrogen) atoms. The number of sulfonamides is 1. The van der Waals surface area contributed by atoms with Crippen molar-refractivity contribution in [3.63, 3.8) is 0 Å². The third kappa shape index (κ3) is 4.36. The van der Waals surface area contributed by atoms with Crippen LogP contribution in [-0.2, 0) is 16.6 Å². The summed E-state index contributed by atoms with van der Waals surface area (Å²) in [4.78, 5) is 4.10. The summed E-state index contributed by atoms with van der Waals surface area (Å²) in [5, 5.41) is 10.4.